The third kappa shape index (κ3) is 6.04. The van der Waals surface area contributed by atoms with Gasteiger partial charge in [0.05, 0.1) is 26.1 Å². The van der Waals surface area contributed by atoms with Gasteiger partial charge in [-0.1, -0.05) is 12.8 Å². The molecule has 0 bridgehead atoms. The number of nitrogens with one attached hydrogen (secondary N) is 1. The molecule has 1 N–H and O–H groups in total. The van der Waals surface area contributed by atoms with E-state index in [2.05, 4.69) is 16.0 Å². The second-order valence-corrected chi connectivity index (χ2v) is 3.60. The minimum absolute atomic E-state index is 0.155. The van der Waals surface area contributed by atoms with E-state index in [9.17, 15) is 9.59 Å². The van der Waals surface area contributed by atoms with Crippen molar-refractivity contribution in [1.82, 2.24) is 10.2 Å². The van der Waals surface area contributed by atoms with E-state index in [1.54, 1.807) is 18.9 Å². The number of hydrogen-bond acceptors (Lipinski definition) is 4. The van der Waals surface area contributed by atoms with Crippen molar-refractivity contribution in [1.29, 1.82) is 0 Å². The van der Waals surface area contributed by atoms with Gasteiger partial charge in [0.1, 0.15) is 0 Å². The van der Waals surface area contributed by atoms with Gasteiger partial charge in [0.15, 0.2) is 0 Å². The first-order chi connectivity index (χ1) is 7.51. The first-order valence-corrected chi connectivity index (χ1v) is 4.97. The van der Waals surface area contributed by atoms with Gasteiger partial charge in [-0.3, -0.25) is 14.5 Å². The number of hydrogen-bond donors (Lipinski definition) is 1. The lowest BCUT2D eigenvalue weighted by Gasteiger charge is -2.18. The highest BCUT2D eigenvalue weighted by molar-refractivity contribution is 5.78. The molecule has 1 amide bonds. The third-order valence-corrected chi connectivity index (χ3v) is 1.99. The van der Waals surface area contributed by atoms with Crippen molar-refractivity contribution in [3.8, 4) is 12.3 Å². The summed E-state index contributed by atoms with van der Waals surface area (Å²) < 4.78 is 4.59. The van der Waals surface area contributed by atoms with Crippen molar-refractivity contribution in [3.63, 3.8) is 0 Å². The average Bonchev–Trinajstić information content (AvgIpc) is 2.24. The fraction of sp³-hybridized carbons (Fsp3) is 0.636. The maximum Gasteiger partial charge on any atom is 0.309 e. The topological polar surface area (TPSA) is 58.6 Å². The van der Waals surface area contributed by atoms with Crippen LogP contribution in [0.15, 0.2) is 0 Å². The molecule has 5 nitrogen and oxygen atoms in total. The number of terminal acetylenes is 1. The van der Waals surface area contributed by atoms with E-state index in [0.717, 1.165) is 0 Å². The Hall–Kier alpha value is -1.54. The number of amides is 1. The second-order valence-electron chi connectivity index (χ2n) is 3.60. The van der Waals surface area contributed by atoms with Gasteiger partial charge in [0, 0.05) is 6.54 Å². The SMILES string of the molecule is C#CCNC(=O)CN(C)CC(C)C(=O)OC. The van der Waals surface area contributed by atoms with Crippen molar-refractivity contribution in [3.05, 3.63) is 0 Å². The summed E-state index contributed by atoms with van der Waals surface area (Å²) in [5.41, 5.74) is 0. The van der Waals surface area contributed by atoms with E-state index >= 15 is 0 Å². The highest BCUT2D eigenvalue weighted by Crippen LogP contribution is 1.99. The van der Waals surface area contributed by atoms with Crippen LogP contribution < -0.4 is 5.32 Å². The number of rotatable bonds is 6. The summed E-state index contributed by atoms with van der Waals surface area (Å²) in [6.45, 7) is 2.65. The lowest BCUT2D eigenvalue weighted by molar-refractivity contribution is -0.145. The highest BCUT2D eigenvalue weighted by Gasteiger charge is 2.16. The maximum absolute atomic E-state index is 11.3. The van der Waals surface area contributed by atoms with Crippen molar-refractivity contribution < 1.29 is 14.3 Å². The number of methoxy groups -OCH3 is 1. The van der Waals surface area contributed by atoms with Crippen LogP contribution in [0.1, 0.15) is 6.92 Å². The summed E-state index contributed by atoms with van der Waals surface area (Å²) in [6, 6.07) is 0. The standard InChI is InChI=1S/C11H18N2O3/c1-5-6-12-10(14)8-13(3)7-9(2)11(15)16-4/h1,9H,6-8H2,2-4H3,(H,12,14). The minimum atomic E-state index is -0.282. The van der Waals surface area contributed by atoms with Crippen molar-refractivity contribution in [2.45, 2.75) is 6.92 Å². The van der Waals surface area contributed by atoms with Crippen LogP contribution in [0.5, 0.6) is 0 Å². The van der Waals surface area contributed by atoms with E-state index in [-0.39, 0.29) is 30.9 Å². The second kappa shape index (κ2) is 7.71. The number of esters is 1. The molecule has 0 saturated carbocycles. The first-order valence-electron chi connectivity index (χ1n) is 4.97. The Bertz CT molecular complexity index is 283. The molecule has 16 heavy (non-hydrogen) atoms. The van der Waals surface area contributed by atoms with Crippen LogP contribution in [0.3, 0.4) is 0 Å². The number of carbonyl (C=O) groups is 2. The Labute approximate surface area is 96.1 Å². The molecule has 0 aromatic carbocycles. The summed E-state index contributed by atoms with van der Waals surface area (Å²) in [5.74, 6) is 1.62. The Morgan fingerprint density at radius 2 is 2.19 bits per heavy atom. The van der Waals surface area contributed by atoms with Crippen LogP contribution in [-0.4, -0.2) is 50.6 Å². The number of ether oxygens (including phenoxy) is 1. The zero-order valence-electron chi connectivity index (χ0n) is 9.95. The van der Waals surface area contributed by atoms with Gasteiger partial charge in [-0.15, -0.1) is 6.42 Å². The molecule has 0 rings (SSSR count). The van der Waals surface area contributed by atoms with Gasteiger partial charge < -0.3 is 10.1 Å². The lowest BCUT2D eigenvalue weighted by Crippen LogP contribution is -2.38. The molecular formula is C11H18N2O3. The Morgan fingerprint density at radius 3 is 2.69 bits per heavy atom. The molecule has 0 aliphatic carbocycles. The van der Waals surface area contributed by atoms with Gasteiger partial charge in [-0.05, 0) is 7.05 Å². The molecule has 0 saturated heterocycles. The molecule has 0 heterocycles. The largest absolute Gasteiger partial charge is 0.469 e. The van der Waals surface area contributed by atoms with Crippen LogP contribution in [0.2, 0.25) is 0 Å². The number of nitrogens with zero attached hydrogens (tertiary/aromatic N) is 1. The fourth-order valence-electron chi connectivity index (χ4n) is 1.26. The molecule has 0 spiro atoms. The van der Waals surface area contributed by atoms with Crippen LogP contribution in [0.4, 0.5) is 0 Å². The summed E-state index contributed by atoms with van der Waals surface area (Å²) in [6.07, 6.45) is 5.01. The molecule has 1 atom stereocenters. The van der Waals surface area contributed by atoms with Crippen LogP contribution in [-0.2, 0) is 14.3 Å². The van der Waals surface area contributed by atoms with Gasteiger partial charge in [-0.2, -0.15) is 0 Å². The summed E-state index contributed by atoms with van der Waals surface area (Å²) in [5, 5.41) is 2.55. The summed E-state index contributed by atoms with van der Waals surface area (Å²) >= 11 is 0. The first kappa shape index (κ1) is 14.5. The third-order valence-electron chi connectivity index (χ3n) is 1.99. The predicted octanol–water partition coefficient (Wildman–Crippen LogP) is -0.523. The molecule has 90 valence electrons. The Morgan fingerprint density at radius 1 is 1.56 bits per heavy atom. The van der Waals surface area contributed by atoms with Crippen molar-refractivity contribution in [2.24, 2.45) is 5.92 Å². The smallest absolute Gasteiger partial charge is 0.309 e. The van der Waals surface area contributed by atoms with Crippen LogP contribution >= 0.6 is 0 Å². The maximum atomic E-state index is 11.3. The number of carbonyl (C=O) groups excluding carboxylic acids is 2. The summed E-state index contributed by atoms with van der Waals surface area (Å²) in [7, 11) is 3.10. The monoisotopic (exact) mass is 226 g/mol. The predicted molar refractivity (Wildman–Crippen MR) is 60.5 cm³/mol. The molecule has 0 radical (unpaired) electrons. The Kier molecular flexibility index (Phi) is 6.97. The van der Waals surface area contributed by atoms with E-state index in [1.165, 1.54) is 7.11 Å². The summed E-state index contributed by atoms with van der Waals surface area (Å²) in [4.78, 5) is 24.1. The lowest BCUT2D eigenvalue weighted by atomic mass is 10.2. The van der Waals surface area contributed by atoms with Crippen molar-refractivity contribution >= 4 is 11.9 Å². The van der Waals surface area contributed by atoms with Gasteiger partial charge in [-0.25, -0.2) is 0 Å². The zero-order chi connectivity index (χ0) is 12.6. The van der Waals surface area contributed by atoms with E-state index in [0.29, 0.717) is 6.54 Å². The Balaban J connectivity index is 3.90. The molecule has 0 fully saturated rings. The van der Waals surface area contributed by atoms with Gasteiger partial charge in [0.2, 0.25) is 5.91 Å². The molecule has 1 unspecified atom stereocenters. The van der Waals surface area contributed by atoms with Crippen molar-refractivity contribution in [2.75, 3.05) is 33.8 Å². The van der Waals surface area contributed by atoms with Gasteiger partial charge >= 0.3 is 5.97 Å². The van der Waals surface area contributed by atoms with E-state index in [1.807, 2.05) is 0 Å². The van der Waals surface area contributed by atoms with E-state index in [4.69, 9.17) is 6.42 Å². The average molecular weight is 226 g/mol. The van der Waals surface area contributed by atoms with Crippen LogP contribution in [0.25, 0.3) is 0 Å². The molecule has 0 aromatic rings. The molecule has 5 heteroatoms. The molecule has 0 aliphatic heterocycles. The normalized spacial score (nSPS) is 11.7. The number of likely N-dealkylation sites (N-methyl/N-ethyl adjacent to an activating group) is 1. The quantitative estimate of drug-likeness (QED) is 0.489. The highest BCUT2D eigenvalue weighted by atomic mass is 16.5. The molecule has 0 aromatic heterocycles. The minimum Gasteiger partial charge on any atom is -0.469 e. The van der Waals surface area contributed by atoms with E-state index < -0.39 is 0 Å². The van der Waals surface area contributed by atoms with Gasteiger partial charge in [0.25, 0.3) is 0 Å². The molecule has 0 aliphatic rings. The molecular weight excluding hydrogens is 208 g/mol. The van der Waals surface area contributed by atoms with Crippen LogP contribution in [0, 0.1) is 18.3 Å². The fourth-order valence-corrected chi connectivity index (χ4v) is 1.26. The zero-order valence-corrected chi connectivity index (χ0v) is 9.95.